The molecule has 158 valence electrons. The Bertz CT molecular complexity index is 994. The molecule has 0 unspecified atom stereocenters. The Morgan fingerprint density at radius 3 is 2.50 bits per heavy atom. The fraction of sp³-hybridized carbons (Fsp3) is 0.478. The molecule has 1 aliphatic carbocycles. The summed E-state index contributed by atoms with van der Waals surface area (Å²) in [6, 6.07) is 9.82. The topological polar surface area (TPSA) is 98.6 Å². The largest absolute Gasteiger partial charge is 0.325 e. The maximum atomic E-state index is 12.4. The van der Waals surface area contributed by atoms with E-state index in [0.29, 0.717) is 10.9 Å². The van der Waals surface area contributed by atoms with Crippen molar-refractivity contribution in [2.24, 2.45) is 0 Å². The van der Waals surface area contributed by atoms with Crippen LogP contribution >= 0.6 is 11.8 Å². The van der Waals surface area contributed by atoms with Crippen molar-refractivity contribution in [2.75, 3.05) is 11.1 Å². The lowest BCUT2D eigenvalue weighted by Crippen LogP contribution is -2.21. The van der Waals surface area contributed by atoms with E-state index in [4.69, 9.17) is 0 Å². The summed E-state index contributed by atoms with van der Waals surface area (Å²) in [7, 11) is 0. The van der Waals surface area contributed by atoms with Gasteiger partial charge in [0, 0.05) is 11.6 Å². The van der Waals surface area contributed by atoms with Gasteiger partial charge in [-0.3, -0.25) is 9.59 Å². The fourth-order valence-electron chi connectivity index (χ4n) is 3.70. The second kappa shape index (κ2) is 9.48. The van der Waals surface area contributed by atoms with E-state index < -0.39 is 5.56 Å². The Morgan fingerprint density at radius 1 is 1.23 bits per heavy atom. The molecule has 6 nitrogen and oxygen atoms in total. The van der Waals surface area contributed by atoms with E-state index in [1.807, 2.05) is 30.3 Å². The number of benzene rings is 1. The van der Waals surface area contributed by atoms with Gasteiger partial charge in [0.15, 0.2) is 5.16 Å². The quantitative estimate of drug-likeness (QED) is 0.535. The molecular formula is C23H28N4O2S. The first-order valence-electron chi connectivity index (χ1n) is 10.4. The zero-order valence-corrected chi connectivity index (χ0v) is 18.6. The van der Waals surface area contributed by atoms with Gasteiger partial charge in [0.25, 0.3) is 5.56 Å². The third-order valence-corrected chi connectivity index (χ3v) is 6.28. The lowest BCUT2D eigenvalue weighted by atomic mass is 9.85. The number of thioether (sulfide) groups is 1. The molecular weight excluding hydrogens is 396 g/mol. The van der Waals surface area contributed by atoms with E-state index in [1.165, 1.54) is 23.7 Å². The number of amides is 1. The molecule has 1 aliphatic rings. The van der Waals surface area contributed by atoms with Gasteiger partial charge in [-0.05, 0) is 36.0 Å². The predicted octanol–water partition coefficient (Wildman–Crippen LogP) is 4.72. The molecule has 1 saturated carbocycles. The minimum Gasteiger partial charge on any atom is -0.325 e. The molecule has 0 bridgehead atoms. The molecule has 0 saturated heterocycles. The molecule has 1 amide bonds. The summed E-state index contributed by atoms with van der Waals surface area (Å²) in [6.45, 7) is 6.43. The third kappa shape index (κ3) is 5.51. The first-order chi connectivity index (χ1) is 14.3. The second-order valence-corrected chi connectivity index (χ2v) is 9.71. The number of aromatic amines is 1. The van der Waals surface area contributed by atoms with Gasteiger partial charge in [-0.1, -0.05) is 63.9 Å². The minimum absolute atomic E-state index is 0.0571. The summed E-state index contributed by atoms with van der Waals surface area (Å²) in [5, 5.41) is 12.7. The van der Waals surface area contributed by atoms with Crippen LogP contribution in [-0.4, -0.2) is 21.6 Å². The summed E-state index contributed by atoms with van der Waals surface area (Å²) >= 11 is 1.18. The number of nitriles is 1. The molecule has 1 aromatic heterocycles. The summed E-state index contributed by atoms with van der Waals surface area (Å²) in [5.74, 6) is 0.0971. The van der Waals surface area contributed by atoms with Crippen molar-refractivity contribution < 1.29 is 4.79 Å². The van der Waals surface area contributed by atoms with E-state index in [-0.39, 0.29) is 28.6 Å². The van der Waals surface area contributed by atoms with Crippen LogP contribution in [0.1, 0.15) is 75.6 Å². The van der Waals surface area contributed by atoms with Gasteiger partial charge < -0.3 is 10.3 Å². The lowest BCUT2D eigenvalue weighted by molar-refractivity contribution is -0.113. The van der Waals surface area contributed by atoms with Crippen molar-refractivity contribution in [1.29, 1.82) is 5.26 Å². The SMILES string of the molecule is CC(C)(C)c1ccc(NC(=O)CSc2nc(C3CCCCC3)c(C#N)c(=O)[nH]2)cc1. The number of nitrogens with one attached hydrogen (secondary N) is 2. The van der Waals surface area contributed by atoms with Crippen LogP contribution < -0.4 is 10.9 Å². The molecule has 7 heteroatoms. The van der Waals surface area contributed by atoms with Gasteiger partial charge in [-0.25, -0.2) is 4.98 Å². The van der Waals surface area contributed by atoms with Crippen molar-refractivity contribution in [3.05, 3.63) is 51.4 Å². The zero-order valence-electron chi connectivity index (χ0n) is 17.7. The molecule has 3 rings (SSSR count). The standard InChI is InChI=1S/C23H28N4O2S/c1-23(2,3)16-9-11-17(12-10-16)25-19(28)14-30-22-26-20(15-7-5-4-6-8-15)18(13-24)21(29)27-22/h9-12,15H,4-8,14H2,1-3H3,(H,25,28)(H,26,27,29). The highest BCUT2D eigenvalue weighted by Crippen LogP contribution is 2.33. The molecule has 2 N–H and O–H groups in total. The van der Waals surface area contributed by atoms with Crippen molar-refractivity contribution in [3.63, 3.8) is 0 Å². The molecule has 0 atom stereocenters. The molecule has 1 heterocycles. The number of hydrogen-bond acceptors (Lipinski definition) is 5. The van der Waals surface area contributed by atoms with Gasteiger partial charge >= 0.3 is 0 Å². The number of aromatic nitrogens is 2. The number of nitrogens with zero attached hydrogens (tertiary/aromatic N) is 2. The summed E-state index contributed by atoms with van der Waals surface area (Å²) in [4.78, 5) is 31.9. The number of H-pyrrole nitrogens is 1. The van der Waals surface area contributed by atoms with Gasteiger partial charge in [-0.15, -0.1) is 0 Å². The number of hydrogen-bond donors (Lipinski definition) is 2. The highest BCUT2D eigenvalue weighted by molar-refractivity contribution is 7.99. The highest BCUT2D eigenvalue weighted by atomic mass is 32.2. The maximum absolute atomic E-state index is 12.4. The molecule has 1 fully saturated rings. The van der Waals surface area contributed by atoms with Gasteiger partial charge in [-0.2, -0.15) is 5.26 Å². The number of carbonyl (C=O) groups excluding carboxylic acids is 1. The van der Waals surface area contributed by atoms with Gasteiger partial charge in [0.2, 0.25) is 5.91 Å². The van der Waals surface area contributed by atoms with Crippen LogP contribution in [0.15, 0.2) is 34.2 Å². The van der Waals surface area contributed by atoms with Crippen LogP contribution in [0.2, 0.25) is 0 Å². The Balaban J connectivity index is 1.66. The Kier molecular flexibility index (Phi) is 6.99. The van der Waals surface area contributed by atoms with E-state index in [9.17, 15) is 14.9 Å². The fourth-order valence-corrected chi connectivity index (χ4v) is 4.37. The Hall–Kier alpha value is -2.59. The lowest BCUT2D eigenvalue weighted by Gasteiger charge is -2.21. The predicted molar refractivity (Wildman–Crippen MR) is 120 cm³/mol. The average molecular weight is 425 g/mol. The number of anilines is 1. The summed E-state index contributed by atoms with van der Waals surface area (Å²) < 4.78 is 0. The van der Waals surface area contributed by atoms with Crippen molar-refractivity contribution in [2.45, 2.75) is 69.4 Å². The van der Waals surface area contributed by atoms with Crippen LogP contribution in [0.5, 0.6) is 0 Å². The summed E-state index contributed by atoms with van der Waals surface area (Å²) in [5.41, 5.74) is 2.26. The van der Waals surface area contributed by atoms with Crippen molar-refractivity contribution in [3.8, 4) is 6.07 Å². The van der Waals surface area contributed by atoms with E-state index in [0.717, 1.165) is 31.4 Å². The van der Waals surface area contributed by atoms with E-state index in [2.05, 4.69) is 36.1 Å². The Morgan fingerprint density at radius 2 is 1.90 bits per heavy atom. The van der Waals surface area contributed by atoms with Crippen LogP contribution in [-0.2, 0) is 10.2 Å². The normalized spacial score (nSPS) is 14.9. The molecule has 30 heavy (non-hydrogen) atoms. The zero-order chi connectivity index (χ0) is 21.7. The van der Waals surface area contributed by atoms with Gasteiger partial charge in [0.1, 0.15) is 11.6 Å². The van der Waals surface area contributed by atoms with Crippen molar-refractivity contribution in [1.82, 2.24) is 9.97 Å². The van der Waals surface area contributed by atoms with Crippen LogP contribution in [0.3, 0.4) is 0 Å². The molecule has 2 aromatic rings. The average Bonchev–Trinajstić information content (AvgIpc) is 2.72. The number of carbonyl (C=O) groups is 1. The van der Waals surface area contributed by atoms with Crippen LogP contribution in [0.25, 0.3) is 0 Å². The monoisotopic (exact) mass is 424 g/mol. The van der Waals surface area contributed by atoms with E-state index >= 15 is 0 Å². The summed E-state index contributed by atoms with van der Waals surface area (Å²) in [6.07, 6.45) is 5.24. The third-order valence-electron chi connectivity index (χ3n) is 5.40. The van der Waals surface area contributed by atoms with E-state index in [1.54, 1.807) is 0 Å². The number of rotatable bonds is 5. The van der Waals surface area contributed by atoms with Gasteiger partial charge in [0.05, 0.1) is 11.4 Å². The Labute approximate surface area is 181 Å². The molecule has 0 spiro atoms. The molecule has 0 aliphatic heterocycles. The first kappa shape index (κ1) is 22.1. The van der Waals surface area contributed by atoms with Crippen molar-refractivity contribution >= 4 is 23.4 Å². The smallest absolute Gasteiger partial charge is 0.269 e. The highest BCUT2D eigenvalue weighted by Gasteiger charge is 2.23. The van der Waals surface area contributed by atoms with Crippen LogP contribution in [0, 0.1) is 11.3 Å². The second-order valence-electron chi connectivity index (χ2n) is 8.74. The first-order valence-corrected chi connectivity index (χ1v) is 11.3. The molecule has 1 aromatic carbocycles. The molecule has 0 radical (unpaired) electrons. The minimum atomic E-state index is -0.422. The van der Waals surface area contributed by atoms with Crippen LogP contribution in [0.4, 0.5) is 5.69 Å². The maximum Gasteiger partial charge on any atom is 0.269 e.